The molecule has 4 nitrogen and oxygen atoms in total. The van der Waals surface area contributed by atoms with Crippen molar-refractivity contribution in [3.63, 3.8) is 0 Å². The summed E-state index contributed by atoms with van der Waals surface area (Å²) in [4.78, 5) is 10.6. The largest absolute Gasteiger partial charge is 0.447 e. The van der Waals surface area contributed by atoms with Gasteiger partial charge in [0.05, 0.1) is 21.1 Å². The first-order valence-electron chi connectivity index (χ1n) is 3.71. The topological polar surface area (TPSA) is 38.3 Å². The van der Waals surface area contributed by atoms with Crippen molar-refractivity contribution in [2.24, 2.45) is 0 Å². The molecule has 64 valence electrons. The van der Waals surface area contributed by atoms with E-state index in [0.717, 1.165) is 11.0 Å². The third kappa shape index (κ3) is 2.76. The SMILES string of the molecule is C[N+](C)(C)CC1COC(=O)N1. The lowest BCUT2D eigenvalue weighted by atomic mass is 10.3. The van der Waals surface area contributed by atoms with Crippen LogP contribution in [0.2, 0.25) is 0 Å². The van der Waals surface area contributed by atoms with Gasteiger partial charge in [-0.05, 0) is 0 Å². The Bertz CT molecular complexity index is 162. The molecule has 0 aromatic heterocycles. The van der Waals surface area contributed by atoms with E-state index in [2.05, 4.69) is 26.5 Å². The highest BCUT2D eigenvalue weighted by molar-refractivity contribution is 5.69. The van der Waals surface area contributed by atoms with E-state index in [0.29, 0.717) is 6.61 Å². The van der Waals surface area contributed by atoms with Crippen molar-refractivity contribution in [2.45, 2.75) is 6.04 Å². The lowest BCUT2D eigenvalue weighted by Gasteiger charge is -2.25. The minimum atomic E-state index is -0.288. The standard InChI is InChI=1S/C7H14N2O2/c1-9(2,3)4-6-5-11-7(10)8-6/h6H,4-5H2,1-3H3/p+1. The summed E-state index contributed by atoms with van der Waals surface area (Å²) >= 11 is 0. The van der Waals surface area contributed by atoms with Crippen LogP contribution in [0.3, 0.4) is 0 Å². The van der Waals surface area contributed by atoms with E-state index in [9.17, 15) is 4.79 Å². The molecule has 0 radical (unpaired) electrons. The minimum Gasteiger partial charge on any atom is -0.447 e. The third-order valence-corrected chi connectivity index (χ3v) is 1.51. The number of carbonyl (C=O) groups excluding carboxylic acids is 1. The van der Waals surface area contributed by atoms with Gasteiger partial charge in [-0.3, -0.25) is 0 Å². The van der Waals surface area contributed by atoms with E-state index in [-0.39, 0.29) is 12.1 Å². The molecule has 1 amide bonds. The summed E-state index contributed by atoms with van der Waals surface area (Å²) < 4.78 is 5.59. The summed E-state index contributed by atoms with van der Waals surface area (Å²) in [5.74, 6) is 0. The average molecular weight is 159 g/mol. The van der Waals surface area contributed by atoms with Gasteiger partial charge >= 0.3 is 6.09 Å². The summed E-state index contributed by atoms with van der Waals surface area (Å²) in [5, 5.41) is 2.73. The highest BCUT2D eigenvalue weighted by Crippen LogP contribution is 2.01. The summed E-state index contributed by atoms with van der Waals surface area (Å²) in [6.45, 7) is 1.42. The van der Waals surface area contributed by atoms with Crippen molar-refractivity contribution in [3.05, 3.63) is 0 Å². The number of carbonyl (C=O) groups is 1. The zero-order chi connectivity index (χ0) is 8.48. The normalized spacial score (nSPS) is 24.6. The van der Waals surface area contributed by atoms with Gasteiger partial charge in [0, 0.05) is 0 Å². The zero-order valence-corrected chi connectivity index (χ0v) is 7.26. The molecule has 11 heavy (non-hydrogen) atoms. The van der Waals surface area contributed by atoms with Gasteiger partial charge in [0.2, 0.25) is 0 Å². The molecule has 1 saturated heterocycles. The van der Waals surface area contributed by atoms with Gasteiger partial charge in [-0.2, -0.15) is 0 Å². The van der Waals surface area contributed by atoms with Crippen LogP contribution in [0.4, 0.5) is 4.79 Å². The lowest BCUT2D eigenvalue weighted by Crippen LogP contribution is -2.46. The molecule has 0 bridgehead atoms. The van der Waals surface area contributed by atoms with Crippen molar-refractivity contribution >= 4 is 6.09 Å². The summed E-state index contributed by atoms with van der Waals surface area (Å²) in [6, 6.07) is 0.183. The quantitative estimate of drug-likeness (QED) is 0.567. The fourth-order valence-electron chi connectivity index (χ4n) is 1.19. The van der Waals surface area contributed by atoms with Gasteiger partial charge in [0.1, 0.15) is 19.2 Å². The average Bonchev–Trinajstić information content (AvgIpc) is 2.10. The monoisotopic (exact) mass is 159 g/mol. The van der Waals surface area contributed by atoms with Crippen molar-refractivity contribution in [2.75, 3.05) is 34.3 Å². The Morgan fingerprint density at radius 3 is 2.64 bits per heavy atom. The Kier molecular flexibility index (Phi) is 2.04. The van der Waals surface area contributed by atoms with Crippen LogP contribution in [-0.2, 0) is 4.74 Å². The molecule has 1 unspecified atom stereocenters. The molecule has 1 rings (SSSR count). The molecule has 1 N–H and O–H groups in total. The number of nitrogens with zero attached hydrogens (tertiary/aromatic N) is 1. The Morgan fingerprint density at radius 1 is 1.64 bits per heavy atom. The third-order valence-electron chi connectivity index (χ3n) is 1.51. The summed E-state index contributed by atoms with van der Waals surface area (Å²) in [5.41, 5.74) is 0. The Morgan fingerprint density at radius 2 is 2.27 bits per heavy atom. The molecule has 0 aliphatic carbocycles. The van der Waals surface area contributed by atoms with Gasteiger partial charge in [-0.1, -0.05) is 0 Å². The molecule has 0 aromatic rings. The Hall–Kier alpha value is -0.770. The van der Waals surface area contributed by atoms with Crippen LogP contribution in [0, 0.1) is 0 Å². The minimum absolute atomic E-state index is 0.183. The number of likely N-dealkylation sites (N-methyl/N-ethyl adjacent to an activating group) is 1. The van der Waals surface area contributed by atoms with Gasteiger partial charge in [0.15, 0.2) is 0 Å². The van der Waals surface area contributed by atoms with Gasteiger partial charge in [-0.15, -0.1) is 0 Å². The molecule has 1 heterocycles. The van der Waals surface area contributed by atoms with Crippen LogP contribution in [0.5, 0.6) is 0 Å². The van der Waals surface area contributed by atoms with E-state index in [1.807, 2.05) is 0 Å². The van der Waals surface area contributed by atoms with Crippen LogP contribution in [0.15, 0.2) is 0 Å². The summed E-state index contributed by atoms with van der Waals surface area (Å²) in [6.07, 6.45) is -0.288. The first kappa shape index (κ1) is 8.33. The number of ether oxygens (including phenoxy) is 1. The van der Waals surface area contributed by atoms with Crippen molar-refractivity contribution in [1.29, 1.82) is 0 Å². The second-order valence-electron chi connectivity index (χ2n) is 3.91. The molecule has 0 aromatic carbocycles. The van der Waals surface area contributed by atoms with Crippen LogP contribution >= 0.6 is 0 Å². The second kappa shape index (κ2) is 2.70. The number of quaternary nitrogens is 1. The number of hydrogen-bond donors (Lipinski definition) is 1. The van der Waals surface area contributed by atoms with E-state index in [1.54, 1.807) is 0 Å². The molecular weight excluding hydrogens is 144 g/mol. The summed E-state index contributed by atoms with van der Waals surface area (Å²) in [7, 11) is 6.26. The maximum atomic E-state index is 10.6. The number of amides is 1. The first-order chi connectivity index (χ1) is 4.97. The number of hydrogen-bond acceptors (Lipinski definition) is 2. The molecule has 1 aliphatic heterocycles. The Labute approximate surface area is 66.7 Å². The van der Waals surface area contributed by atoms with E-state index in [1.165, 1.54) is 0 Å². The van der Waals surface area contributed by atoms with Gasteiger partial charge in [0.25, 0.3) is 0 Å². The lowest BCUT2D eigenvalue weighted by molar-refractivity contribution is -0.871. The molecule has 0 spiro atoms. The second-order valence-corrected chi connectivity index (χ2v) is 3.91. The molecule has 4 heteroatoms. The van der Waals surface area contributed by atoms with Crippen LogP contribution in [0.25, 0.3) is 0 Å². The van der Waals surface area contributed by atoms with Crippen molar-refractivity contribution in [3.8, 4) is 0 Å². The smallest absolute Gasteiger partial charge is 0.407 e. The first-order valence-corrected chi connectivity index (χ1v) is 3.71. The number of rotatable bonds is 2. The van der Waals surface area contributed by atoms with Crippen LogP contribution in [-0.4, -0.2) is 50.9 Å². The predicted molar refractivity (Wildman–Crippen MR) is 41.2 cm³/mol. The number of alkyl carbamates (subject to hydrolysis) is 1. The fraction of sp³-hybridized carbons (Fsp3) is 0.857. The van der Waals surface area contributed by atoms with E-state index >= 15 is 0 Å². The maximum absolute atomic E-state index is 10.6. The molecule has 1 aliphatic rings. The van der Waals surface area contributed by atoms with Crippen molar-refractivity contribution in [1.82, 2.24) is 5.32 Å². The molecule has 1 atom stereocenters. The Balaban J connectivity index is 2.34. The number of cyclic esters (lactones) is 1. The maximum Gasteiger partial charge on any atom is 0.407 e. The zero-order valence-electron chi connectivity index (χ0n) is 7.26. The molecular formula is C7H15N2O2+. The highest BCUT2D eigenvalue weighted by atomic mass is 16.6. The van der Waals surface area contributed by atoms with E-state index < -0.39 is 0 Å². The highest BCUT2D eigenvalue weighted by Gasteiger charge is 2.26. The van der Waals surface area contributed by atoms with Crippen molar-refractivity contribution < 1.29 is 14.0 Å². The van der Waals surface area contributed by atoms with Gasteiger partial charge in [-0.25, -0.2) is 4.79 Å². The fourth-order valence-corrected chi connectivity index (χ4v) is 1.19. The van der Waals surface area contributed by atoms with Crippen LogP contribution in [0.1, 0.15) is 0 Å². The molecule has 0 saturated carbocycles. The predicted octanol–water partition coefficient (Wildman–Crippen LogP) is -0.199. The van der Waals surface area contributed by atoms with Gasteiger partial charge < -0.3 is 14.5 Å². The molecule has 1 fully saturated rings. The van der Waals surface area contributed by atoms with Crippen LogP contribution < -0.4 is 5.32 Å². The number of nitrogens with one attached hydrogen (secondary N) is 1. The van der Waals surface area contributed by atoms with E-state index in [4.69, 9.17) is 4.74 Å².